The van der Waals surface area contributed by atoms with E-state index < -0.39 is 11.6 Å². The number of amides is 1. The highest BCUT2D eigenvalue weighted by molar-refractivity contribution is 14.0. The minimum absolute atomic E-state index is 0. The third kappa shape index (κ3) is 5.48. The number of hydrogen-bond donors (Lipinski definition) is 2. The van der Waals surface area contributed by atoms with Crippen molar-refractivity contribution < 1.29 is 13.6 Å². The molecule has 4 rings (SSSR count). The van der Waals surface area contributed by atoms with E-state index in [0.717, 1.165) is 30.6 Å². The molecule has 2 aliphatic rings. The molecule has 0 bridgehead atoms. The molecule has 2 aromatic carbocycles. The number of aliphatic imine (C=N–C) groups is 1. The van der Waals surface area contributed by atoms with E-state index in [1.807, 2.05) is 29.2 Å². The molecule has 0 aliphatic carbocycles. The van der Waals surface area contributed by atoms with E-state index in [1.54, 1.807) is 11.9 Å². The van der Waals surface area contributed by atoms with Gasteiger partial charge in [-0.2, -0.15) is 0 Å². The molecule has 2 aliphatic heterocycles. The summed E-state index contributed by atoms with van der Waals surface area (Å²) in [6.07, 6.45) is 2.28. The number of benzene rings is 2. The van der Waals surface area contributed by atoms with Crippen LogP contribution in [0.4, 0.5) is 20.2 Å². The molecule has 9 heteroatoms. The monoisotopic (exact) mass is 555 g/mol. The zero-order valence-electron chi connectivity index (χ0n) is 18.0. The first-order chi connectivity index (χ1) is 15.0. The van der Waals surface area contributed by atoms with E-state index in [4.69, 9.17) is 0 Å². The Morgan fingerprint density at radius 3 is 2.47 bits per heavy atom. The Kier molecular flexibility index (Phi) is 8.27. The number of carbonyl (C=O) groups excluding carboxylic acids is 1. The van der Waals surface area contributed by atoms with Gasteiger partial charge in [-0.1, -0.05) is 18.2 Å². The molecule has 2 saturated heterocycles. The summed E-state index contributed by atoms with van der Waals surface area (Å²) in [4.78, 5) is 19.7. The van der Waals surface area contributed by atoms with Crippen LogP contribution in [-0.4, -0.2) is 44.6 Å². The predicted molar refractivity (Wildman–Crippen MR) is 134 cm³/mol. The SMILES string of the molecule is CN=C(NCc1ccc(N2CCCC2=O)cc1)NC1CCN(c2c(F)cccc2F)C1.I. The average molecular weight is 555 g/mol. The third-order valence-corrected chi connectivity index (χ3v) is 5.79. The van der Waals surface area contributed by atoms with Crippen LogP contribution in [0.25, 0.3) is 0 Å². The minimum atomic E-state index is -0.540. The van der Waals surface area contributed by atoms with Crippen LogP contribution in [0.1, 0.15) is 24.8 Å². The summed E-state index contributed by atoms with van der Waals surface area (Å²) in [5, 5.41) is 6.62. The van der Waals surface area contributed by atoms with Crippen molar-refractivity contribution in [1.29, 1.82) is 0 Å². The van der Waals surface area contributed by atoms with Gasteiger partial charge >= 0.3 is 0 Å². The molecule has 0 radical (unpaired) electrons. The standard InChI is InChI=1S/C23H27F2N5O.HI/c1-26-23(27-14-16-7-9-18(10-8-16)30-12-3-6-21(30)31)28-17-11-13-29(15-17)22-19(24)4-2-5-20(22)25;/h2,4-5,7-10,17H,3,6,11-15H2,1H3,(H2,26,27,28);1H. The van der Waals surface area contributed by atoms with E-state index in [2.05, 4.69) is 15.6 Å². The predicted octanol–water partition coefficient (Wildman–Crippen LogP) is 3.65. The van der Waals surface area contributed by atoms with Gasteiger partial charge in [0.05, 0.1) is 0 Å². The van der Waals surface area contributed by atoms with Crippen molar-refractivity contribution in [3.8, 4) is 0 Å². The summed E-state index contributed by atoms with van der Waals surface area (Å²) < 4.78 is 28.1. The lowest BCUT2D eigenvalue weighted by Crippen LogP contribution is -2.44. The van der Waals surface area contributed by atoms with Crippen LogP contribution in [0.3, 0.4) is 0 Å². The van der Waals surface area contributed by atoms with Crippen LogP contribution < -0.4 is 20.4 Å². The van der Waals surface area contributed by atoms with Gasteiger partial charge in [0.25, 0.3) is 0 Å². The molecule has 1 amide bonds. The Morgan fingerprint density at radius 2 is 1.84 bits per heavy atom. The molecule has 2 heterocycles. The van der Waals surface area contributed by atoms with Gasteiger partial charge < -0.3 is 20.4 Å². The second kappa shape index (κ2) is 10.9. The number of hydrogen-bond acceptors (Lipinski definition) is 3. The van der Waals surface area contributed by atoms with Crippen molar-refractivity contribution in [3.63, 3.8) is 0 Å². The van der Waals surface area contributed by atoms with Crippen molar-refractivity contribution in [1.82, 2.24) is 10.6 Å². The van der Waals surface area contributed by atoms with Gasteiger partial charge in [-0.3, -0.25) is 9.79 Å². The number of anilines is 2. The van der Waals surface area contributed by atoms with Crippen molar-refractivity contribution in [2.45, 2.75) is 31.8 Å². The van der Waals surface area contributed by atoms with E-state index in [9.17, 15) is 13.6 Å². The van der Waals surface area contributed by atoms with Gasteiger partial charge in [0.2, 0.25) is 5.91 Å². The maximum Gasteiger partial charge on any atom is 0.227 e. The zero-order valence-corrected chi connectivity index (χ0v) is 20.3. The lowest BCUT2D eigenvalue weighted by molar-refractivity contribution is -0.117. The van der Waals surface area contributed by atoms with Crippen LogP contribution >= 0.6 is 24.0 Å². The summed E-state index contributed by atoms with van der Waals surface area (Å²) in [7, 11) is 1.70. The van der Waals surface area contributed by atoms with E-state index in [1.165, 1.54) is 18.2 Å². The molecule has 2 fully saturated rings. The van der Waals surface area contributed by atoms with Gasteiger partial charge in [0.15, 0.2) is 5.96 Å². The fraction of sp³-hybridized carbons (Fsp3) is 0.391. The highest BCUT2D eigenvalue weighted by Crippen LogP contribution is 2.26. The molecule has 0 aromatic heterocycles. The van der Waals surface area contributed by atoms with Crippen LogP contribution in [0.15, 0.2) is 47.5 Å². The quantitative estimate of drug-likeness (QED) is 0.336. The molecule has 32 heavy (non-hydrogen) atoms. The summed E-state index contributed by atoms with van der Waals surface area (Å²) in [6, 6.07) is 11.9. The lowest BCUT2D eigenvalue weighted by atomic mass is 10.2. The van der Waals surface area contributed by atoms with Gasteiger partial charge in [-0.05, 0) is 42.7 Å². The topological polar surface area (TPSA) is 60.0 Å². The minimum Gasteiger partial charge on any atom is -0.365 e. The largest absolute Gasteiger partial charge is 0.365 e. The summed E-state index contributed by atoms with van der Waals surface area (Å²) >= 11 is 0. The van der Waals surface area contributed by atoms with Gasteiger partial charge in [-0.15, -0.1) is 24.0 Å². The smallest absolute Gasteiger partial charge is 0.227 e. The molecule has 2 N–H and O–H groups in total. The molecule has 6 nitrogen and oxygen atoms in total. The molecule has 0 saturated carbocycles. The number of rotatable bonds is 5. The molecule has 172 valence electrons. The van der Waals surface area contributed by atoms with Crippen molar-refractivity contribution >= 4 is 47.2 Å². The molecular formula is C23H28F2IN5O. The third-order valence-electron chi connectivity index (χ3n) is 5.79. The Labute approximate surface area is 204 Å². The summed E-state index contributed by atoms with van der Waals surface area (Å²) in [6.45, 7) is 2.43. The highest BCUT2D eigenvalue weighted by atomic mass is 127. The van der Waals surface area contributed by atoms with Crippen LogP contribution in [0, 0.1) is 11.6 Å². The summed E-state index contributed by atoms with van der Waals surface area (Å²) in [5.41, 5.74) is 2.03. The molecule has 1 atom stereocenters. The number of nitrogens with one attached hydrogen (secondary N) is 2. The van der Waals surface area contributed by atoms with Crippen LogP contribution in [-0.2, 0) is 11.3 Å². The first-order valence-corrected chi connectivity index (χ1v) is 10.6. The van der Waals surface area contributed by atoms with Gasteiger partial charge in [0.1, 0.15) is 17.3 Å². The van der Waals surface area contributed by atoms with E-state index in [0.29, 0.717) is 32.0 Å². The van der Waals surface area contributed by atoms with Crippen molar-refractivity contribution in [3.05, 3.63) is 59.7 Å². The highest BCUT2D eigenvalue weighted by Gasteiger charge is 2.27. The number of para-hydroxylation sites is 1. The Hall–Kier alpha value is -2.43. The fourth-order valence-electron chi connectivity index (χ4n) is 4.16. The van der Waals surface area contributed by atoms with Crippen LogP contribution in [0.2, 0.25) is 0 Å². The van der Waals surface area contributed by atoms with Crippen molar-refractivity contribution in [2.75, 3.05) is 36.5 Å². The Bertz CT molecular complexity index is 949. The number of nitrogens with zero attached hydrogens (tertiary/aromatic N) is 3. The normalized spacial score (nSPS) is 18.7. The number of guanidine groups is 1. The van der Waals surface area contributed by atoms with Gasteiger partial charge in [0, 0.05) is 51.4 Å². The fourth-order valence-corrected chi connectivity index (χ4v) is 4.16. The molecular weight excluding hydrogens is 527 g/mol. The first kappa shape index (κ1) is 24.2. The first-order valence-electron chi connectivity index (χ1n) is 10.6. The Balaban J connectivity index is 0.00000289. The zero-order chi connectivity index (χ0) is 21.8. The lowest BCUT2D eigenvalue weighted by Gasteiger charge is -2.21. The Morgan fingerprint density at radius 1 is 1.12 bits per heavy atom. The molecule has 1 unspecified atom stereocenters. The average Bonchev–Trinajstić information content (AvgIpc) is 3.40. The number of carbonyl (C=O) groups is 1. The maximum atomic E-state index is 14.1. The second-order valence-corrected chi connectivity index (χ2v) is 7.89. The number of halogens is 3. The second-order valence-electron chi connectivity index (χ2n) is 7.89. The van der Waals surface area contributed by atoms with E-state index in [-0.39, 0.29) is 41.6 Å². The van der Waals surface area contributed by atoms with Crippen molar-refractivity contribution in [2.24, 2.45) is 4.99 Å². The maximum absolute atomic E-state index is 14.1. The van der Waals surface area contributed by atoms with E-state index >= 15 is 0 Å². The van der Waals surface area contributed by atoms with Crippen LogP contribution in [0.5, 0.6) is 0 Å². The summed E-state index contributed by atoms with van der Waals surface area (Å²) in [5.74, 6) is -0.263. The van der Waals surface area contributed by atoms with Gasteiger partial charge in [-0.25, -0.2) is 8.78 Å². The molecule has 0 spiro atoms. The molecule has 2 aromatic rings.